The Kier molecular flexibility index (Phi) is 3.53. The van der Waals surface area contributed by atoms with E-state index in [1.807, 2.05) is 30.3 Å². The molecule has 102 valence electrons. The third-order valence-corrected chi connectivity index (χ3v) is 4.40. The van der Waals surface area contributed by atoms with Crippen LogP contribution in [0, 0.1) is 17.8 Å². The van der Waals surface area contributed by atoms with Gasteiger partial charge in [-0.3, -0.25) is 0 Å². The van der Waals surface area contributed by atoms with Gasteiger partial charge in [-0.2, -0.15) is 0 Å². The Morgan fingerprint density at radius 2 is 2.05 bits per heavy atom. The van der Waals surface area contributed by atoms with Crippen LogP contribution in [-0.2, 0) is 9.53 Å². The van der Waals surface area contributed by atoms with Crippen LogP contribution < -0.4 is 10.6 Å². The molecule has 1 saturated heterocycles. The number of carbonyl (C=O) groups is 1. The van der Waals surface area contributed by atoms with Crippen molar-refractivity contribution in [3.8, 4) is 0 Å². The summed E-state index contributed by atoms with van der Waals surface area (Å²) >= 11 is 0. The average molecular weight is 260 g/mol. The number of hydrogen-bond acceptors (Lipinski definition) is 4. The van der Waals surface area contributed by atoms with Crippen LogP contribution >= 0.6 is 0 Å². The van der Waals surface area contributed by atoms with Crippen molar-refractivity contribution in [3.05, 3.63) is 35.9 Å². The fraction of sp³-hybridized carbons (Fsp3) is 0.533. The summed E-state index contributed by atoms with van der Waals surface area (Å²) < 4.78 is 4.90. The molecule has 0 spiro atoms. The molecule has 1 saturated carbocycles. The summed E-state index contributed by atoms with van der Waals surface area (Å²) in [6.45, 7) is 3.15. The third kappa shape index (κ3) is 2.51. The van der Waals surface area contributed by atoms with E-state index in [1.165, 1.54) is 7.11 Å². The summed E-state index contributed by atoms with van der Waals surface area (Å²) in [5.74, 6) is 2.12. The Hall–Kier alpha value is -1.39. The number of hydrogen-bond donors (Lipinski definition) is 2. The number of piperidine rings is 1. The molecule has 1 aliphatic carbocycles. The molecule has 0 aromatic heterocycles. The van der Waals surface area contributed by atoms with Crippen molar-refractivity contribution in [2.24, 2.45) is 17.8 Å². The number of rotatable bonds is 5. The highest BCUT2D eigenvalue weighted by atomic mass is 16.5. The molecule has 3 atom stereocenters. The number of fused-ring (bicyclic) bond motifs is 1. The van der Waals surface area contributed by atoms with Crippen LogP contribution in [0.2, 0.25) is 0 Å². The highest BCUT2D eigenvalue weighted by molar-refractivity contribution is 5.77. The van der Waals surface area contributed by atoms with Crippen LogP contribution in [0.3, 0.4) is 0 Å². The van der Waals surface area contributed by atoms with Crippen molar-refractivity contribution in [3.63, 3.8) is 0 Å². The van der Waals surface area contributed by atoms with E-state index in [0.29, 0.717) is 0 Å². The molecule has 1 aromatic rings. The number of methoxy groups -OCH3 is 1. The van der Waals surface area contributed by atoms with Crippen molar-refractivity contribution in [1.82, 2.24) is 10.6 Å². The third-order valence-electron chi connectivity index (χ3n) is 4.40. The minimum atomic E-state index is -0.347. The van der Waals surface area contributed by atoms with E-state index in [2.05, 4.69) is 10.6 Å². The van der Waals surface area contributed by atoms with E-state index in [-0.39, 0.29) is 12.0 Å². The van der Waals surface area contributed by atoms with Gasteiger partial charge in [-0.25, -0.2) is 4.79 Å². The summed E-state index contributed by atoms with van der Waals surface area (Å²) in [6.07, 6.45) is 0. The van der Waals surface area contributed by atoms with Gasteiger partial charge in [-0.15, -0.1) is 0 Å². The van der Waals surface area contributed by atoms with Crippen molar-refractivity contribution in [2.45, 2.75) is 6.04 Å². The normalized spacial score (nSPS) is 29.6. The summed E-state index contributed by atoms with van der Waals surface area (Å²) in [4.78, 5) is 11.9. The molecule has 4 heteroatoms. The van der Waals surface area contributed by atoms with Crippen LogP contribution in [0.4, 0.5) is 0 Å². The zero-order valence-corrected chi connectivity index (χ0v) is 11.1. The zero-order chi connectivity index (χ0) is 13.2. The number of benzene rings is 1. The maximum absolute atomic E-state index is 11.9. The number of nitrogens with one attached hydrogen (secondary N) is 2. The Bertz CT molecular complexity index is 439. The predicted octanol–water partition coefficient (Wildman–Crippen LogP) is 0.956. The van der Waals surface area contributed by atoms with E-state index in [1.54, 1.807) is 0 Å². The van der Waals surface area contributed by atoms with Crippen LogP contribution in [0.25, 0.3) is 0 Å². The first-order valence-electron chi connectivity index (χ1n) is 6.88. The monoisotopic (exact) mass is 260 g/mol. The summed E-state index contributed by atoms with van der Waals surface area (Å²) in [5.41, 5.74) is 0.971. The molecule has 0 bridgehead atoms. The van der Waals surface area contributed by atoms with Gasteiger partial charge in [-0.1, -0.05) is 30.3 Å². The van der Waals surface area contributed by atoms with E-state index in [0.717, 1.165) is 43.0 Å². The molecule has 2 fully saturated rings. The maximum Gasteiger partial charge on any atom is 0.327 e. The van der Waals surface area contributed by atoms with Gasteiger partial charge in [0.2, 0.25) is 0 Å². The second-order valence-electron chi connectivity index (χ2n) is 5.42. The molecule has 1 heterocycles. The SMILES string of the molecule is COC(=O)C(NCC1C2CNCC21)c1ccccc1. The number of ether oxygens (including phenoxy) is 1. The molecule has 3 rings (SSSR count). The van der Waals surface area contributed by atoms with Crippen molar-refractivity contribution in [2.75, 3.05) is 26.7 Å². The van der Waals surface area contributed by atoms with E-state index in [9.17, 15) is 4.79 Å². The highest BCUT2D eigenvalue weighted by Gasteiger charge is 2.52. The molecule has 2 N–H and O–H groups in total. The van der Waals surface area contributed by atoms with Gasteiger partial charge >= 0.3 is 5.97 Å². The van der Waals surface area contributed by atoms with Gasteiger partial charge in [0.05, 0.1) is 7.11 Å². The minimum absolute atomic E-state index is 0.213. The van der Waals surface area contributed by atoms with Crippen molar-refractivity contribution < 1.29 is 9.53 Å². The first-order valence-corrected chi connectivity index (χ1v) is 6.88. The predicted molar refractivity (Wildman–Crippen MR) is 72.5 cm³/mol. The lowest BCUT2D eigenvalue weighted by Gasteiger charge is -2.17. The van der Waals surface area contributed by atoms with Crippen LogP contribution in [-0.4, -0.2) is 32.7 Å². The number of carbonyl (C=O) groups excluding carboxylic acids is 1. The maximum atomic E-state index is 11.9. The largest absolute Gasteiger partial charge is 0.468 e. The average Bonchev–Trinajstić information content (AvgIpc) is 2.89. The van der Waals surface area contributed by atoms with Gasteiger partial charge in [-0.05, 0) is 43.0 Å². The summed E-state index contributed by atoms with van der Waals surface area (Å²) in [6, 6.07) is 9.43. The van der Waals surface area contributed by atoms with Crippen LogP contribution in [0.5, 0.6) is 0 Å². The zero-order valence-electron chi connectivity index (χ0n) is 11.1. The van der Waals surface area contributed by atoms with Gasteiger partial charge < -0.3 is 15.4 Å². The van der Waals surface area contributed by atoms with Gasteiger partial charge in [0, 0.05) is 0 Å². The van der Waals surface area contributed by atoms with Gasteiger partial charge in [0.1, 0.15) is 6.04 Å². The second-order valence-corrected chi connectivity index (χ2v) is 5.42. The Morgan fingerprint density at radius 1 is 1.37 bits per heavy atom. The molecule has 3 unspecified atom stereocenters. The molecule has 19 heavy (non-hydrogen) atoms. The lowest BCUT2D eigenvalue weighted by Crippen LogP contribution is -2.32. The number of esters is 1. The first kappa shape index (κ1) is 12.6. The van der Waals surface area contributed by atoms with E-state index < -0.39 is 0 Å². The molecule has 4 nitrogen and oxygen atoms in total. The standard InChI is InChI=1S/C15H20N2O2/c1-19-15(18)14(10-5-3-2-4-6-10)17-9-13-11-7-16-8-12(11)13/h2-6,11-14,16-17H,7-9H2,1H3. The molecule has 0 radical (unpaired) electrons. The lowest BCUT2D eigenvalue weighted by atomic mass is 10.1. The first-order chi connectivity index (χ1) is 9.31. The summed E-state index contributed by atoms with van der Waals surface area (Å²) in [5, 5.41) is 6.76. The van der Waals surface area contributed by atoms with Crippen molar-refractivity contribution >= 4 is 5.97 Å². The molecule has 0 amide bonds. The van der Waals surface area contributed by atoms with Crippen LogP contribution in [0.1, 0.15) is 11.6 Å². The van der Waals surface area contributed by atoms with Crippen LogP contribution in [0.15, 0.2) is 30.3 Å². The highest BCUT2D eigenvalue weighted by Crippen LogP contribution is 2.48. The lowest BCUT2D eigenvalue weighted by molar-refractivity contribution is -0.143. The molecule has 1 aromatic carbocycles. The summed E-state index contributed by atoms with van der Waals surface area (Å²) in [7, 11) is 1.44. The van der Waals surface area contributed by atoms with E-state index in [4.69, 9.17) is 4.74 Å². The molecular weight excluding hydrogens is 240 g/mol. The molecule has 2 aliphatic rings. The topological polar surface area (TPSA) is 50.4 Å². The fourth-order valence-corrected chi connectivity index (χ4v) is 3.20. The Balaban J connectivity index is 1.62. The fourth-order valence-electron chi connectivity index (χ4n) is 3.20. The van der Waals surface area contributed by atoms with Gasteiger partial charge in [0.25, 0.3) is 0 Å². The Labute approximate surface area is 113 Å². The molecule has 1 aliphatic heterocycles. The van der Waals surface area contributed by atoms with Gasteiger partial charge in [0.15, 0.2) is 0 Å². The second kappa shape index (κ2) is 5.31. The minimum Gasteiger partial charge on any atom is -0.468 e. The quantitative estimate of drug-likeness (QED) is 0.774. The van der Waals surface area contributed by atoms with E-state index >= 15 is 0 Å². The smallest absolute Gasteiger partial charge is 0.327 e. The molecular formula is C15H20N2O2. The van der Waals surface area contributed by atoms with Crippen molar-refractivity contribution in [1.29, 1.82) is 0 Å². The Morgan fingerprint density at radius 3 is 2.68 bits per heavy atom.